The summed E-state index contributed by atoms with van der Waals surface area (Å²) < 4.78 is 0. The first-order chi connectivity index (χ1) is 9.85. The van der Waals surface area contributed by atoms with E-state index in [9.17, 15) is 9.59 Å². The lowest BCUT2D eigenvalue weighted by Gasteiger charge is -2.26. The average Bonchev–Trinajstić information content (AvgIpc) is 2.41. The summed E-state index contributed by atoms with van der Waals surface area (Å²) in [6, 6.07) is 10.9. The second kappa shape index (κ2) is 5.91. The molecule has 1 heterocycles. The van der Waals surface area contributed by atoms with E-state index in [1.165, 1.54) is 17.7 Å². The number of aromatic amines is 1. The molecule has 0 aliphatic heterocycles. The highest BCUT2D eigenvalue weighted by atomic mass is 16.2. The van der Waals surface area contributed by atoms with Gasteiger partial charge in [0.25, 0.3) is 11.5 Å². The molecule has 2 N–H and O–H groups in total. The smallest absolute Gasteiger partial charge is 0.272 e. The first kappa shape index (κ1) is 15.0. The zero-order valence-corrected chi connectivity index (χ0v) is 12.4. The van der Waals surface area contributed by atoms with E-state index in [0.29, 0.717) is 6.42 Å². The van der Waals surface area contributed by atoms with E-state index >= 15 is 0 Å². The summed E-state index contributed by atoms with van der Waals surface area (Å²) in [4.78, 5) is 23.1. The number of carbonyl (C=O) groups excluding carboxylic acids is 1. The minimum Gasteiger partial charge on any atom is -0.345 e. The molecule has 5 heteroatoms. The van der Waals surface area contributed by atoms with Crippen LogP contribution in [-0.4, -0.2) is 21.6 Å². The van der Waals surface area contributed by atoms with Crippen molar-refractivity contribution in [3.05, 3.63) is 63.6 Å². The van der Waals surface area contributed by atoms with Gasteiger partial charge in [-0.05, 0) is 38.8 Å². The van der Waals surface area contributed by atoms with E-state index < -0.39 is 5.54 Å². The largest absolute Gasteiger partial charge is 0.345 e. The summed E-state index contributed by atoms with van der Waals surface area (Å²) in [5.41, 5.74) is 1.82. The molecule has 0 bridgehead atoms. The van der Waals surface area contributed by atoms with Crippen molar-refractivity contribution in [3.8, 4) is 0 Å². The number of rotatable bonds is 4. The fourth-order valence-corrected chi connectivity index (χ4v) is 2.10. The average molecular weight is 285 g/mol. The van der Waals surface area contributed by atoms with Crippen molar-refractivity contribution in [2.45, 2.75) is 32.7 Å². The quantitative estimate of drug-likeness (QED) is 0.900. The molecule has 0 fully saturated rings. The molecule has 1 amide bonds. The van der Waals surface area contributed by atoms with Crippen LogP contribution in [0.2, 0.25) is 0 Å². The monoisotopic (exact) mass is 285 g/mol. The molecule has 0 aliphatic carbocycles. The number of nitrogens with one attached hydrogen (secondary N) is 2. The molecule has 110 valence electrons. The van der Waals surface area contributed by atoms with Crippen LogP contribution < -0.4 is 10.9 Å². The summed E-state index contributed by atoms with van der Waals surface area (Å²) in [5, 5.41) is 8.92. The first-order valence-corrected chi connectivity index (χ1v) is 6.79. The van der Waals surface area contributed by atoms with Gasteiger partial charge in [-0.15, -0.1) is 0 Å². The molecule has 5 nitrogen and oxygen atoms in total. The Labute approximate surface area is 123 Å². The molecule has 1 aromatic heterocycles. The Morgan fingerprint density at radius 1 is 1.19 bits per heavy atom. The fourth-order valence-electron chi connectivity index (χ4n) is 2.10. The lowest BCUT2D eigenvalue weighted by atomic mass is 9.94. The van der Waals surface area contributed by atoms with Gasteiger partial charge >= 0.3 is 0 Å². The second-order valence-corrected chi connectivity index (χ2v) is 5.81. The topological polar surface area (TPSA) is 74.8 Å². The predicted octanol–water partition coefficient (Wildman–Crippen LogP) is 1.83. The Morgan fingerprint density at radius 3 is 2.43 bits per heavy atom. The Balaban J connectivity index is 2.06. The maximum Gasteiger partial charge on any atom is 0.272 e. The van der Waals surface area contributed by atoms with Crippen LogP contribution in [0.15, 0.2) is 41.2 Å². The fraction of sp³-hybridized carbons (Fsp3) is 0.312. The van der Waals surface area contributed by atoms with Crippen molar-refractivity contribution in [1.82, 2.24) is 15.5 Å². The number of hydrogen-bond donors (Lipinski definition) is 2. The summed E-state index contributed by atoms with van der Waals surface area (Å²) in [6.07, 6.45) is 0.711. The Bertz CT molecular complexity index is 667. The van der Waals surface area contributed by atoms with Crippen molar-refractivity contribution in [2.75, 3.05) is 0 Å². The highest BCUT2D eigenvalue weighted by Crippen LogP contribution is 2.14. The van der Waals surface area contributed by atoms with Gasteiger partial charge in [-0.3, -0.25) is 9.59 Å². The maximum atomic E-state index is 12.1. The van der Waals surface area contributed by atoms with Crippen LogP contribution in [0.5, 0.6) is 0 Å². The van der Waals surface area contributed by atoms with Gasteiger partial charge in [0.1, 0.15) is 5.69 Å². The van der Waals surface area contributed by atoms with E-state index in [4.69, 9.17) is 0 Å². The van der Waals surface area contributed by atoms with Crippen LogP contribution >= 0.6 is 0 Å². The van der Waals surface area contributed by atoms with E-state index in [2.05, 4.69) is 39.8 Å². The van der Waals surface area contributed by atoms with Crippen LogP contribution in [0.4, 0.5) is 0 Å². The first-order valence-electron chi connectivity index (χ1n) is 6.79. The van der Waals surface area contributed by atoms with E-state index in [1.807, 2.05) is 20.8 Å². The van der Waals surface area contributed by atoms with Crippen LogP contribution in [0.3, 0.4) is 0 Å². The third kappa shape index (κ3) is 4.27. The summed E-state index contributed by atoms with van der Waals surface area (Å²) in [6.45, 7) is 5.95. The Hall–Kier alpha value is -2.43. The predicted molar refractivity (Wildman–Crippen MR) is 81.3 cm³/mol. The van der Waals surface area contributed by atoms with E-state index in [1.54, 1.807) is 0 Å². The Kier molecular flexibility index (Phi) is 4.21. The van der Waals surface area contributed by atoms with Crippen molar-refractivity contribution >= 4 is 5.91 Å². The Morgan fingerprint density at radius 2 is 1.86 bits per heavy atom. The lowest BCUT2D eigenvalue weighted by Crippen LogP contribution is -2.45. The highest BCUT2D eigenvalue weighted by molar-refractivity contribution is 5.92. The summed E-state index contributed by atoms with van der Waals surface area (Å²) in [5.74, 6) is -0.302. The number of aromatic nitrogens is 2. The molecular weight excluding hydrogens is 266 g/mol. The molecule has 0 saturated heterocycles. The van der Waals surface area contributed by atoms with Crippen LogP contribution in [0, 0.1) is 6.92 Å². The molecule has 0 radical (unpaired) electrons. The van der Waals surface area contributed by atoms with Gasteiger partial charge in [-0.25, -0.2) is 5.10 Å². The number of hydrogen-bond acceptors (Lipinski definition) is 3. The highest BCUT2D eigenvalue weighted by Gasteiger charge is 2.22. The van der Waals surface area contributed by atoms with Gasteiger partial charge in [0.15, 0.2) is 0 Å². The van der Waals surface area contributed by atoms with E-state index in [-0.39, 0.29) is 17.2 Å². The molecule has 0 atom stereocenters. The zero-order valence-electron chi connectivity index (χ0n) is 12.4. The molecule has 0 aliphatic rings. The SMILES string of the molecule is Cc1ccc(CC(C)(C)NC(=O)c2ccc(=O)[nH]n2)cc1. The minimum absolute atomic E-state index is 0.201. The molecule has 2 rings (SSSR count). The summed E-state index contributed by atoms with van der Waals surface area (Å²) >= 11 is 0. The standard InChI is InChI=1S/C16H19N3O2/c1-11-4-6-12(7-5-11)10-16(2,3)17-15(21)13-8-9-14(20)19-18-13/h4-9H,10H2,1-3H3,(H,17,21)(H,19,20). The molecule has 0 unspecified atom stereocenters. The van der Waals surface area contributed by atoms with E-state index in [0.717, 1.165) is 5.56 Å². The number of carbonyl (C=O) groups is 1. The maximum absolute atomic E-state index is 12.1. The van der Waals surface area contributed by atoms with Crippen molar-refractivity contribution in [3.63, 3.8) is 0 Å². The van der Waals surface area contributed by atoms with Crippen molar-refractivity contribution in [2.24, 2.45) is 0 Å². The number of amides is 1. The minimum atomic E-state index is -0.413. The van der Waals surface area contributed by atoms with Gasteiger partial charge in [0.05, 0.1) is 0 Å². The third-order valence-electron chi connectivity index (χ3n) is 3.13. The van der Waals surface area contributed by atoms with Crippen molar-refractivity contribution < 1.29 is 4.79 Å². The molecular formula is C16H19N3O2. The summed E-state index contributed by atoms with van der Waals surface area (Å²) in [7, 11) is 0. The number of benzene rings is 1. The molecule has 0 spiro atoms. The van der Waals surface area contributed by atoms with Crippen molar-refractivity contribution in [1.29, 1.82) is 0 Å². The normalized spacial score (nSPS) is 11.2. The van der Waals surface area contributed by atoms with Gasteiger partial charge in [0, 0.05) is 11.6 Å². The van der Waals surface area contributed by atoms with Gasteiger partial charge in [0.2, 0.25) is 0 Å². The van der Waals surface area contributed by atoms with Crippen LogP contribution in [-0.2, 0) is 6.42 Å². The second-order valence-electron chi connectivity index (χ2n) is 5.81. The zero-order chi connectivity index (χ0) is 15.5. The number of nitrogens with zero attached hydrogens (tertiary/aromatic N) is 1. The third-order valence-corrected chi connectivity index (χ3v) is 3.13. The number of aryl methyl sites for hydroxylation is 1. The molecule has 2 aromatic rings. The molecule has 1 aromatic carbocycles. The lowest BCUT2D eigenvalue weighted by molar-refractivity contribution is 0.0906. The van der Waals surface area contributed by atoms with Gasteiger partial charge in [-0.1, -0.05) is 29.8 Å². The molecule has 0 saturated carbocycles. The van der Waals surface area contributed by atoms with Crippen LogP contribution in [0.1, 0.15) is 35.5 Å². The van der Waals surface area contributed by atoms with Gasteiger partial charge in [-0.2, -0.15) is 5.10 Å². The van der Waals surface area contributed by atoms with Crippen LogP contribution in [0.25, 0.3) is 0 Å². The number of H-pyrrole nitrogens is 1. The molecule has 21 heavy (non-hydrogen) atoms. The van der Waals surface area contributed by atoms with Gasteiger partial charge < -0.3 is 5.32 Å².